The molecule has 0 aliphatic carbocycles. The zero-order valence-corrected chi connectivity index (χ0v) is 14.4. The van der Waals surface area contributed by atoms with Crippen LogP contribution in [0.4, 0.5) is 4.39 Å². The number of amides is 1. The normalized spacial score (nSPS) is 30.3. The second-order valence-corrected chi connectivity index (χ2v) is 7.33. The minimum Gasteiger partial charge on any atom is -0.380 e. The molecule has 6 heteroatoms. The molecule has 1 aromatic carbocycles. The molecular formula is C19H25FN2O3. The summed E-state index contributed by atoms with van der Waals surface area (Å²) >= 11 is 0. The Hall–Kier alpha value is -1.50. The summed E-state index contributed by atoms with van der Waals surface area (Å²) in [5.74, 6) is 0.338. The number of hydrogen-bond acceptors (Lipinski definition) is 4. The fraction of sp³-hybridized carbons (Fsp3) is 0.632. The maximum atomic E-state index is 13.9. The second kappa shape index (κ2) is 7.40. The Bertz CT molecular complexity index is 620. The van der Waals surface area contributed by atoms with Gasteiger partial charge in [0.1, 0.15) is 5.82 Å². The molecule has 3 heterocycles. The van der Waals surface area contributed by atoms with Crippen LogP contribution in [0, 0.1) is 23.6 Å². The van der Waals surface area contributed by atoms with E-state index in [9.17, 15) is 9.18 Å². The van der Waals surface area contributed by atoms with E-state index in [0.717, 1.165) is 25.9 Å². The van der Waals surface area contributed by atoms with E-state index in [1.807, 2.05) is 12.1 Å². The van der Waals surface area contributed by atoms with E-state index in [-0.39, 0.29) is 23.6 Å². The van der Waals surface area contributed by atoms with Gasteiger partial charge in [0.05, 0.1) is 25.7 Å². The molecule has 0 saturated carbocycles. The molecule has 25 heavy (non-hydrogen) atoms. The SMILES string of the molecule is O=C([C@H]1COC[C@H]2CN(Cc3ccccc3F)C[C@H]21)N1CCCCO1. The number of likely N-dealkylation sites (tertiary alicyclic amines) is 1. The molecular weight excluding hydrogens is 323 g/mol. The fourth-order valence-corrected chi connectivity index (χ4v) is 4.30. The maximum absolute atomic E-state index is 13.9. The average molecular weight is 348 g/mol. The molecule has 136 valence electrons. The van der Waals surface area contributed by atoms with Gasteiger partial charge in [-0.1, -0.05) is 18.2 Å². The lowest BCUT2D eigenvalue weighted by molar-refractivity contribution is -0.207. The van der Waals surface area contributed by atoms with Crippen LogP contribution < -0.4 is 0 Å². The molecule has 0 bridgehead atoms. The molecule has 5 nitrogen and oxygen atoms in total. The molecule has 1 amide bonds. The van der Waals surface area contributed by atoms with Crippen molar-refractivity contribution < 1.29 is 18.8 Å². The Kier molecular flexibility index (Phi) is 5.01. The van der Waals surface area contributed by atoms with Crippen LogP contribution in [0.25, 0.3) is 0 Å². The Labute approximate surface area is 147 Å². The minimum absolute atomic E-state index is 0.0575. The van der Waals surface area contributed by atoms with Crippen molar-refractivity contribution in [2.24, 2.45) is 17.8 Å². The number of fused-ring (bicyclic) bond motifs is 1. The first-order valence-electron chi connectivity index (χ1n) is 9.20. The summed E-state index contributed by atoms with van der Waals surface area (Å²) < 4.78 is 19.7. The van der Waals surface area contributed by atoms with Gasteiger partial charge in [0.15, 0.2) is 0 Å². The van der Waals surface area contributed by atoms with Crippen LogP contribution in [-0.2, 0) is 20.9 Å². The van der Waals surface area contributed by atoms with Gasteiger partial charge in [0, 0.05) is 31.7 Å². The minimum atomic E-state index is -0.164. The Morgan fingerprint density at radius 2 is 2.08 bits per heavy atom. The summed E-state index contributed by atoms with van der Waals surface area (Å²) in [6.45, 7) is 4.69. The number of nitrogens with zero attached hydrogens (tertiary/aromatic N) is 2. The zero-order valence-electron chi connectivity index (χ0n) is 14.4. The van der Waals surface area contributed by atoms with Crippen molar-refractivity contribution in [3.05, 3.63) is 35.6 Å². The topological polar surface area (TPSA) is 42.0 Å². The molecule has 0 N–H and O–H groups in total. The van der Waals surface area contributed by atoms with E-state index >= 15 is 0 Å². The van der Waals surface area contributed by atoms with E-state index in [4.69, 9.17) is 9.57 Å². The van der Waals surface area contributed by atoms with Crippen molar-refractivity contribution in [1.82, 2.24) is 9.96 Å². The van der Waals surface area contributed by atoms with Gasteiger partial charge >= 0.3 is 0 Å². The Morgan fingerprint density at radius 3 is 2.88 bits per heavy atom. The van der Waals surface area contributed by atoms with Crippen molar-refractivity contribution in [3.8, 4) is 0 Å². The lowest BCUT2D eigenvalue weighted by Gasteiger charge is -2.36. The molecule has 3 aliphatic rings. The number of hydrogen-bond donors (Lipinski definition) is 0. The molecule has 3 saturated heterocycles. The number of hydroxylamine groups is 2. The summed E-state index contributed by atoms with van der Waals surface area (Å²) in [6, 6.07) is 6.91. The van der Waals surface area contributed by atoms with Gasteiger partial charge in [-0.05, 0) is 30.7 Å². The predicted molar refractivity (Wildman–Crippen MR) is 89.9 cm³/mol. The van der Waals surface area contributed by atoms with Crippen LogP contribution in [0.1, 0.15) is 18.4 Å². The first-order valence-corrected chi connectivity index (χ1v) is 9.20. The van der Waals surface area contributed by atoms with Crippen molar-refractivity contribution in [2.45, 2.75) is 19.4 Å². The fourth-order valence-electron chi connectivity index (χ4n) is 4.30. The molecule has 3 atom stereocenters. The summed E-state index contributed by atoms with van der Waals surface area (Å²) in [4.78, 5) is 20.7. The van der Waals surface area contributed by atoms with Gasteiger partial charge in [-0.25, -0.2) is 9.45 Å². The Morgan fingerprint density at radius 1 is 1.20 bits per heavy atom. The molecule has 3 aliphatic heterocycles. The highest BCUT2D eigenvalue weighted by Crippen LogP contribution is 2.36. The third kappa shape index (κ3) is 3.57. The molecule has 1 aromatic rings. The first kappa shape index (κ1) is 16.9. The van der Waals surface area contributed by atoms with E-state index < -0.39 is 0 Å². The molecule has 3 fully saturated rings. The number of carbonyl (C=O) groups excluding carboxylic acids is 1. The summed E-state index contributed by atoms with van der Waals surface area (Å²) in [5.41, 5.74) is 0.712. The summed E-state index contributed by atoms with van der Waals surface area (Å²) in [6.07, 6.45) is 2.00. The Balaban J connectivity index is 1.43. The van der Waals surface area contributed by atoms with Crippen LogP contribution in [-0.4, -0.2) is 55.3 Å². The largest absolute Gasteiger partial charge is 0.380 e. The van der Waals surface area contributed by atoms with E-state index in [2.05, 4.69) is 4.90 Å². The van der Waals surface area contributed by atoms with Gasteiger partial charge < -0.3 is 4.74 Å². The molecule has 0 unspecified atom stereocenters. The van der Waals surface area contributed by atoms with Crippen LogP contribution in [0.2, 0.25) is 0 Å². The van der Waals surface area contributed by atoms with Gasteiger partial charge in [-0.3, -0.25) is 14.5 Å². The number of halogens is 1. The third-order valence-electron chi connectivity index (χ3n) is 5.63. The number of rotatable bonds is 3. The van der Waals surface area contributed by atoms with Gasteiger partial charge in [0.25, 0.3) is 5.91 Å². The summed E-state index contributed by atoms with van der Waals surface area (Å²) in [7, 11) is 0. The third-order valence-corrected chi connectivity index (χ3v) is 5.63. The number of ether oxygens (including phenoxy) is 1. The van der Waals surface area contributed by atoms with Crippen LogP contribution in [0.3, 0.4) is 0 Å². The first-order chi connectivity index (χ1) is 12.2. The lowest BCUT2D eigenvalue weighted by atomic mass is 9.82. The maximum Gasteiger partial charge on any atom is 0.251 e. The van der Waals surface area contributed by atoms with E-state index in [0.29, 0.717) is 44.4 Å². The van der Waals surface area contributed by atoms with Gasteiger partial charge in [-0.2, -0.15) is 0 Å². The standard InChI is InChI=1S/C19H25FN2O3/c20-18-6-2-1-5-14(18)9-21-10-15-12-24-13-17(16(15)11-21)19(23)22-7-3-4-8-25-22/h1-2,5-6,15-17H,3-4,7-13H2/t15-,16-,17+/m1/s1. The van der Waals surface area contributed by atoms with Crippen molar-refractivity contribution >= 4 is 5.91 Å². The van der Waals surface area contributed by atoms with Gasteiger partial charge in [-0.15, -0.1) is 0 Å². The summed E-state index contributed by atoms with van der Waals surface area (Å²) in [5, 5.41) is 1.54. The van der Waals surface area contributed by atoms with Gasteiger partial charge in [0.2, 0.25) is 0 Å². The number of benzene rings is 1. The van der Waals surface area contributed by atoms with Crippen LogP contribution in [0.5, 0.6) is 0 Å². The lowest BCUT2D eigenvalue weighted by Crippen LogP contribution is -2.47. The van der Waals surface area contributed by atoms with E-state index in [1.165, 1.54) is 6.07 Å². The quantitative estimate of drug-likeness (QED) is 0.839. The van der Waals surface area contributed by atoms with Crippen molar-refractivity contribution in [1.29, 1.82) is 0 Å². The highest BCUT2D eigenvalue weighted by atomic mass is 19.1. The van der Waals surface area contributed by atoms with Crippen molar-refractivity contribution in [2.75, 3.05) is 39.5 Å². The average Bonchev–Trinajstić information content (AvgIpc) is 3.06. The van der Waals surface area contributed by atoms with Crippen molar-refractivity contribution in [3.63, 3.8) is 0 Å². The smallest absolute Gasteiger partial charge is 0.251 e. The number of carbonyl (C=O) groups is 1. The molecule has 0 spiro atoms. The highest BCUT2D eigenvalue weighted by molar-refractivity contribution is 5.78. The molecule has 0 radical (unpaired) electrons. The highest BCUT2D eigenvalue weighted by Gasteiger charge is 2.45. The van der Waals surface area contributed by atoms with Crippen LogP contribution in [0.15, 0.2) is 24.3 Å². The molecule has 4 rings (SSSR count). The zero-order chi connectivity index (χ0) is 17.2. The van der Waals surface area contributed by atoms with E-state index in [1.54, 1.807) is 11.1 Å². The molecule has 0 aromatic heterocycles. The monoisotopic (exact) mass is 348 g/mol. The van der Waals surface area contributed by atoms with Crippen LogP contribution >= 0.6 is 0 Å². The second-order valence-electron chi connectivity index (χ2n) is 7.33. The predicted octanol–water partition coefficient (Wildman–Crippen LogP) is 2.07.